The summed E-state index contributed by atoms with van der Waals surface area (Å²) >= 11 is 0. The highest BCUT2D eigenvalue weighted by molar-refractivity contribution is 6.19. The van der Waals surface area contributed by atoms with Crippen molar-refractivity contribution in [1.29, 1.82) is 0 Å². The van der Waals surface area contributed by atoms with Crippen molar-refractivity contribution in [3.8, 4) is 23.0 Å². The van der Waals surface area contributed by atoms with E-state index in [1.165, 1.54) is 0 Å². The van der Waals surface area contributed by atoms with E-state index in [-0.39, 0.29) is 12.7 Å². The summed E-state index contributed by atoms with van der Waals surface area (Å²) in [5.41, 5.74) is 3.48. The van der Waals surface area contributed by atoms with Gasteiger partial charge in [0, 0.05) is 11.3 Å². The molecule has 8 nitrogen and oxygen atoms in total. The summed E-state index contributed by atoms with van der Waals surface area (Å²) < 4.78 is 21.7. The molecule has 2 aliphatic heterocycles. The maximum absolute atomic E-state index is 13.3. The Morgan fingerprint density at radius 1 is 0.912 bits per heavy atom. The number of hydrogen-bond donors (Lipinski definition) is 1. The van der Waals surface area contributed by atoms with Gasteiger partial charge in [-0.25, -0.2) is 4.99 Å². The number of rotatable bonds is 4. The van der Waals surface area contributed by atoms with E-state index < -0.39 is 5.92 Å². The Morgan fingerprint density at radius 3 is 2.41 bits per heavy atom. The monoisotopic (exact) mass is 457 g/mol. The maximum atomic E-state index is 13.3. The van der Waals surface area contributed by atoms with E-state index >= 15 is 0 Å². The van der Waals surface area contributed by atoms with Crippen LogP contribution in [0.2, 0.25) is 0 Å². The van der Waals surface area contributed by atoms with Crippen LogP contribution in [0.15, 0.2) is 70.6 Å². The molecule has 34 heavy (non-hydrogen) atoms. The molecule has 1 N–H and O–H groups in total. The van der Waals surface area contributed by atoms with E-state index in [1.54, 1.807) is 32.4 Å². The van der Waals surface area contributed by atoms with Crippen LogP contribution in [0.25, 0.3) is 0 Å². The van der Waals surface area contributed by atoms with Gasteiger partial charge in [0.25, 0.3) is 5.91 Å². The zero-order chi connectivity index (χ0) is 23.7. The second kappa shape index (κ2) is 8.90. The molecule has 5 rings (SSSR count). The summed E-state index contributed by atoms with van der Waals surface area (Å²) in [6.45, 7) is 2.06. The molecule has 172 valence electrons. The van der Waals surface area contributed by atoms with Gasteiger partial charge in [-0.15, -0.1) is 0 Å². The average Bonchev–Trinajstić information content (AvgIpc) is 3.27. The van der Waals surface area contributed by atoms with Crippen molar-refractivity contribution in [3.05, 3.63) is 71.8 Å². The van der Waals surface area contributed by atoms with Gasteiger partial charge in [-0.3, -0.25) is 9.79 Å². The quantitative estimate of drug-likeness (QED) is 0.609. The first kappa shape index (κ1) is 21.5. The lowest BCUT2D eigenvalue weighted by atomic mass is 9.92. The topological polar surface area (TPSA) is 90.7 Å². The first-order valence-corrected chi connectivity index (χ1v) is 10.7. The van der Waals surface area contributed by atoms with Crippen LogP contribution < -0.4 is 24.3 Å². The van der Waals surface area contributed by atoms with Crippen LogP contribution in [0.1, 0.15) is 28.8 Å². The van der Waals surface area contributed by atoms with Crippen molar-refractivity contribution >= 4 is 28.8 Å². The minimum Gasteiger partial charge on any atom is -0.493 e. The number of carbonyl (C=O) groups is 1. The molecule has 2 heterocycles. The van der Waals surface area contributed by atoms with Crippen LogP contribution >= 0.6 is 0 Å². The van der Waals surface area contributed by atoms with Crippen LogP contribution in [0.4, 0.5) is 11.4 Å². The molecular weight excluding hydrogens is 434 g/mol. The molecule has 0 radical (unpaired) electrons. The molecule has 2 aliphatic rings. The number of amidine groups is 1. The summed E-state index contributed by atoms with van der Waals surface area (Å²) in [4.78, 5) is 22.9. The SMILES string of the molecule is COc1ccc(C2C(C)=Nc3ccccc3N=C2NC(=O)c2ccc3c(c2)OCO3)cc1OC. The first-order valence-electron chi connectivity index (χ1n) is 10.7. The molecule has 3 aromatic carbocycles. The average molecular weight is 457 g/mol. The van der Waals surface area contributed by atoms with Gasteiger partial charge in [0.1, 0.15) is 5.84 Å². The number of nitrogens with zero attached hydrogens (tertiary/aromatic N) is 2. The van der Waals surface area contributed by atoms with Crippen molar-refractivity contribution in [2.24, 2.45) is 9.98 Å². The molecule has 0 aromatic heterocycles. The number of ether oxygens (including phenoxy) is 4. The fourth-order valence-electron chi connectivity index (χ4n) is 4.06. The van der Waals surface area contributed by atoms with Crippen LogP contribution in [0, 0.1) is 0 Å². The Labute approximate surface area is 196 Å². The van der Waals surface area contributed by atoms with E-state index in [0.717, 1.165) is 17.0 Å². The lowest BCUT2D eigenvalue weighted by molar-refractivity contribution is 0.0976. The van der Waals surface area contributed by atoms with E-state index in [0.29, 0.717) is 40.1 Å². The van der Waals surface area contributed by atoms with E-state index in [4.69, 9.17) is 28.9 Å². The normalized spacial score (nSPS) is 16.0. The van der Waals surface area contributed by atoms with Gasteiger partial charge in [0.15, 0.2) is 23.0 Å². The van der Waals surface area contributed by atoms with Crippen molar-refractivity contribution in [2.45, 2.75) is 12.8 Å². The highest BCUT2D eigenvalue weighted by Crippen LogP contribution is 2.37. The Hall–Kier alpha value is -4.33. The maximum Gasteiger partial charge on any atom is 0.256 e. The van der Waals surface area contributed by atoms with Crippen LogP contribution in [-0.2, 0) is 0 Å². The second-order valence-corrected chi connectivity index (χ2v) is 7.81. The number of methoxy groups -OCH3 is 2. The van der Waals surface area contributed by atoms with Crippen LogP contribution in [0.5, 0.6) is 23.0 Å². The van der Waals surface area contributed by atoms with Crippen molar-refractivity contribution in [3.63, 3.8) is 0 Å². The summed E-state index contributed by atoms with van der Waals surface area (Å²) in [6.07, 6.45) is 0. The van der Waals surface area contributed by atoms with Gasteiger partial charge in [-0.05, 0) is 55.0 Å². The third-order valence-corrected chi connectivity index (χ3v) is 5.73. The fourth-order valence-corrected chi connectivity index (χ4v) is 4.06. The molecule has 1 unspecified atom stereocenters. The number of amides is 1. The zero-order valence-electron chi connectivity index (χ0n) is 19.0. The number of para-hydroxylation sites is 2. The molecule has 0 saturated heterocycles. The van der Waals surface area contributed by atoms with Gasteiger partial charge < -0.3 is 24.3 Å². The Bertz CT molecular complexity index is 1330. The summed E-state index contributed by atoms with van der Waals surface area (Å²) in [7, 11) is 3.17. The molecule has 1 atom stereocenters. The second-order valence-electron chi connectivity index (χ2n) is 7.81. The molecule has 3 aromatic rings. The van der Waals surface area contributed by atoms with Crippen molar-refractivity contribution in [2.75, 3.05) is 21.0 Å². The Kier molecular flexibility index (Phi) is 5.63. The number of carbonyl (C=O) groups excluding carboxylic acids is 1. The lowest BCUT2D eigenvalue weighted by Gasteiger charge is -2.21. The van der Waals surface area contributed by atoms with E-state index in [9.17, 15) is 4.79 Å². The van der Waals surface area contributed by atoms with E-state index in [1.807, 2.05) is 49.4 Å². The molecule has 0 bridgehead atoms. The molecule has 8 heteroatoms. The zero-order valence-corrected chi connectivity index (χ0v) is 19.0. The van der Waals surface area contributed by atoms with E-state index in [2.05, 4.69) is 5.32 Å². The first-order chi connectivity index (χ1) is 16.6. The van der Waals surface area contributed by atoms with Crippen LogP contribution in [-0.4, -0.2) is 38.5 Å². The molecule has 1 amide bonds. The van der Waals surface area contributed by atoms with Gasteiger partial charge >= 0.3 is 0 Å². The number of aliphatic imine (C=N–C) groups is 2. The summed E-state index contributed by atoms with van der Waals surface area (Å²) in [6, 6.07) is 18.3. The largest absolute Gasteiger partial charge is 0.493 e. The number of nitrogens with one attached hydrogen (secondary N) is 1. The molecule has 0 aliphatic carbocycles. The molecule has 0 fully saturated rings. The van der Waals surface area contributed by atoms with Crippen LogP contribution in [0.3, 0.4) is 0 Å². The smallest absolute Gasteiger partial charge is 0.256 e. The number of fused-ring (bicyclic) bond motifs is 2. The van der Waals surface area contributed by atoms with Gasteiger partial charge in [0.05, 0.1) is 31.5 Å². The minimum atomic E-state index is -0.412. The molecular formula is C26H23N3O5. The summed E-state index contributed by atoms with van der Waals surface area (Å²) in [5.74, 6) is 2.08. The van der Waals surface area contributed by atoms with Crippen molar-refractivity contribution in [1.82, 2.24) is 5.32 Å². The van der Waals surface area contributed by atoms with Gasteiger partial charge in [0.2, 0.25) is 6.79 Å². The number of hydrogen-bond acceptors (Lipinski definition) is 7. The number of benzene rings is 3. The van der Waals surface area contributed by atoms with Gasteiger partial charge in [-0.2, -0.15) is 0 Å². The highest BCUT2D eigenvalue weighted by Gasteiger charge is 2.28. The highest BCUT2D eigenvalue weighted by atomic mass is 16.7. The fraction of sp³-hybridized carbons (Fsp3) is 0.192. The van der Waals surface area contributed by atoms with Crippen molar-refractivity contribution < 1.29 is 23.7 Å². The standard InChI is InChI=1S/C26H23N3O5/c1-15-24(16-8-10-20(31-2)22(12-16)32-3)25(28-19-7-5-4-6-18(19)27-15)29-26(30)17-9-11-21-23(13-17)34-14-33-21/h4-13,24H,14H2,1-3H3,(H,28,29,30). The third kappa shape index (κ3) is 3.94. The molecule has 0 saturated carbocycles. The Balaban J connectivity index is 1.57. The summed E-state index contributed by atoms with van der Waals surface area (Å²) in [5, 5.41) is 3.01. The predicted octanol–water partition coefficient (Wildman–Crippen LogP) is 4.78. The predicted molar refractivity (Wildman–Crippen MR) is 129 cm³/mol. The lowest BCUT2D eigenvalue weighted by Crippen LogP contribution is -2.37. The third-order valence-electron chi connectivity index (χ3n) is 5.73. The van der Waals surface area contributed by atoms with Gasteiger partial charge in [-0.1, -0.05) is 18.2 Å². The minimum absolute atomic E-state index is 0.140. The Morgan fingerprint density at radius 2 is 1.65 bits per heavy atom. The molecule has 0 spiro atoms.